The molecule has 0 radical (unpaired) electrons. The Bertz CT molecular complexity index is 105. The van der Waals surface area contributed by atoms with E-state index >= 15 is 0 Å². The molecule has 1 rings (SSSR count). The number of hydrogen-bond acceptors (Lipinski definition) is 4. The van der Waals surface area contributed by atoms with Crippen LogP contribution in [0.5, 0.6) is 0 Å². The summed E-state index contributed by atoms with van der Waals surface area (Å²) in [5, 5.41) is 0. The Hall–Kier alpha value is 1.40. The highest BCUT2D eigenvalue weighted by Gasteiger charge is 2.31. The first-order valence-electron chi connectivity index (χ1n) is 4.35. The van der Waals surface area contributed by atoms with Gasteiger partial charge in [-0.05, 0) is 37.2 Å². The van der Waals surface area contributed by atoms with E-state index in [0.29, 0.717) is 4.75 Å². The molecule has 72 valence electrons. The van der Waals surface area contributed by atoms with Gasteiger partial charge >= 0.3 is 0 Å². The maximum absolute atomic E-state index is 4.33. The third-order valence-corrected chi connectivity index (χ3v) is 6.13. The van der Waals surface area contributed by atoms with Gasteiger partial charge in [-0.25, -0.2) is 0 Å². The van der Waals surface area contributed by atoms with Crippen LogP contribution in [0.4, 0.5) is 0 Å². The maximum atomic E-state index is 4.33. The molecular weight excluding hydrogens is 224 g/mol. The van der Waals surface area contributed by atoms with Crippen LogP contribution in [-0.4, -0.2) is 22.0 Å². The lowest BCUT2D eigenvalue weighted by molar-refractivity contribution is 0.511. The maximum Gasteiger partial charge on any atom is 0.0279 e. The predicted molar refractivity (Wildman–Crippen MR) is 69.0 cm³/mol. The van der Waals surface area contributed by atoms with E-state index in [1.165, 1.54) is 31.4 Å². The number of hydrogen-bond donors (Lipinski definition) is 2. The van der Waals surface area contributed by atoms with E-state index in [1.54, 1.807) is 0 Å². The summed E-state index contributed by atoms with van der Waals surface area (Å²) in [6, 6.07) is 0. The van der Waals surface area contributed by atoms with E-state index in [1.807, 2.05) is 10.8 Å². The number of thiol groups is 2. The van der Waals surface area contributed by atoms with E-state index in [2.05, 4.69) is 36.1 Å². The summed E-state index contributed by atoms with van der Waals surface area (Å²) in [5.41, 5.74) is 0. The van der Waals surface area contributed by atoms with Crippen LogP contribution >= 0.6 is 46.8 Å². The molecule has 0 saturated carbocycles. The monoisotopic (exact) mass is 240 g/mol. The van der Waals surface area contributed by atoms with Crippen molar-refractivity contribution in [2.45, 2.75) is 30.4 Å². The van der Waals surface area contributed by atoms with Crippen molar-refractivity contribution in [1.29, 1.82) is 0 Å². The standard InChI is InChI=1S/C8H16S4/c9-5-3-8(4-6-10)2-1-7-11-12-8/h9-10H,1-7H2. The first-order valence-corrected chi connectivity index (χ1v) is 7.94. The normalized spacial score (nSPS) is 22.5. The van der Waals surface area contributed by atoms with Crippen LogP contribution in [0.2, 0.25) is 0 Å². The molecule has 0 spiro atoms. The van der Waals surface area contributed by atoms with Crippen molar-refractivity contribution in [3.8, 4) is 0 Å². The zero-order valence-electron chi connectivity index (χ0n) is 7.16. The summed E-state index contributed by atoms with van der Waals surface area (Å²) in [7, 11) is 4.11. The van der Waals surface area contributed by atoms with Crippen molar-refractivity contribution in [3.63, 3.8) is 0 Å². The van der Waals surface area contributed by atoms with Crippen molar-refractivity contribution in [2.24, 2.45) is 0 Å². The fraction of sp³-hybridized carbons (Fsp3) is 1.00. The molecule has 1 fully saturated rings. The molecule has 0 atom stereocenters. The van der Waals surface area contributed by atoms with Gasteiger partial charge in [-0.15, -0.1) is 0 Å². The fourth-order valence-electron chi connectivity index (χ4n) is 1.53. The Morgan fingerprint density at radius 1 is 1.17 bits per heavy atom. The quantitative estimate of drug-likeness (QED) is 0.570. The highest BCUT2D eigenvalue weighted by Crippen LogP contribution is 2.48. The summed E-state index contributed by atoms with van der Waals surface area (Å²) >= 11 is 8.66. The second kappa shape index (κ2) is 5.99. The molecule has 0 aromatic rings. The molecule has 0 N–H and O–H groups in total. The molecule has 0 aliphatic carbocycles. The van der Waals surface area contributed by atoms with Gasteiger partial charge in [0.15, 0.2) is 0 Å². The molecule has 1 saturated heterocycles. The van der Waals surface area contributed by atoms with Gasteiger partial charge in [-0.3, -0.25) is 0 Å². The first-order chi connectivity index (χ1) is 5.83. The van der Waals surface area contributed by atoms with Gasteiger partial charge in [0, 0.05) is 10.5 Å². The van der Waals surface area contributed by atoms with Gasteiger partial charge in [-0.2, -0.15) is 25.3 Å². The zero-order valence-corrected chi connectivity index (χ0v) is 10.6. The summed E-state index contributed by atoms with van der Waals surface area (Å²) in [4.78, 5) is 0. The van der Waals surface area contributed by atoms with Crippen LogP contribution < -0.4 is 0 Å². The van der Waals surface area contributed by atoms with Crippen LogP contribution in [0.1, 0.15) is 25.7 Å². The molecule has 0 amide bonds. The van der Waals surface area contributed by atoms with Gasteiger partial charge in [0.2, 0.25) is 0 Å². The largest absolute Gasteiger partial charge is 0.179 e. The molecule has 1 heterocycles. The van der Waals surface area contributed by atoms with Gasteiger partial charge < -0.3 is 0 Å². The average molecular weight is 240 g/mol. The number of rotatable bonds is 4. The first kappa shape index (κ1) is 11.5. The molecule has 1 aliphatic heterocycles. The van der Waals surface area contributed by atoms with E-state index in [0.717, 1.165) is 11.5 Å². The Balaban J connectivity index is 2.44. The minimum absolute atomic E-state index is 0.506. The summed E-state index contributed by atoms with van der Waals surface area (Å²) in [6.07, 6.45) is 5.23. The Labute approximate surface area is 94.2 Å². The average Bonchev–Trinajstić information content (AvgIpc) is 2.07. The fourth-order valence-corrected chi connectivity index (χ4v) is 5.98. The lowest BCUT2D eigenvalue weighted by Crippen LogP contribution is -2.27. The highest BCUT2D eigenvalue weighted by molar-refractivity contribution is 8.77. The molecule has 12 heavy (non-hydrogen) atoms. The smallest absolute Gasteiger partial charge is 0.0279 e. The van der Waals surface area contributed by atoms with Crippen LogP contribution in [0.3, 0.4) is 0 Å². The van der Waals surface area contributed by atoms with Crippen molar-refractivity contribution in [3.05, 3.63) is 0 Å². The summed E-state index contributed by atoms with van der Waals surface area (Å²) in [5.74, 6) is 3.36. The Morgan fingerprint density at radius 2 is 1.83 bits per heavy atom. The third kappa shape index (κ3) is 3.28. The highest BCUT2D eigenvalue weighted by atomic mass is 33.1. The summed E-state index contributed by atoms with van der Waals surface area (Å²) < 4.78 is 0.506. The second-order valence-corrected chi connectivity index (χ2v) is 6.92. The molecule has 0 nitrogen and oxygen atoms in total. The van der Waals surface area contributed by atoms with E-state index in [-0.39, 0.29) is 0 Å². The minimum Gasteiger partial charge on any atom is -0.179 e. The van der Waals surface area contributed by atoms with E-state index in [9.17, 15) is 0 Å². The van der Waals surface area contributed by atoms with Crippen molar-refractivity contribution >= 4 is 46.8 Å². The lowest BCUT2D eigenvalue weighted by Gasteiger charge is -2.35. The molecule has 0 bridgehead atoms. The predicted octanol–water partition coefficient (Wildman–Crippen LogP) is 3.54. The van der Waals surface area contributed by atoms with Gasteiger partial charge in [-0.1, -0.05) is 21.6 Å². The van der Waals surface area contributed by atoms with Crippen molar-refractivity contribution in [2.75, 3.05) is 17.3 Å². The van der Waals surface area contributed by atoms with E-state index in [4.69, 9.17) is 0 Å². The van der Waals surface area contributed by atoms with Gasteiger partial charge in [0.05, 0.1) is 0 Å². The van der Waals surface area contributed by atoms with Crippen LogP contribution in [0, 0.1) is 0 Å². The Kier molecular flexibility index (Phi) is 5.73. The third-order valence-electron chi connectivity index (χ3n) is 2.23. The van der Waals surface area contributed by atoms with Crippen LogP contribution in [-0.2, 0) is 0 Å². The molecular formula is C8H16S4. The Morgan fingerprint density at radius 3 is 2.25 bits per heavy atom. The summed E-state index contributed by atoms with van der Waals surface area (Å²) in [6.45, 7) is 0. The molecule has 0 aromatic heterocycles. The topological polar surface area (TPSA) is 0 Å². The van der Waals surface area contributed by atoms with Crippen molar-refractivity contribution in [1.82, 2.24) is 0 Å². The van der Waals surface area contributed by atoms with Crippen LogP contribution in [0.25, 0.3) is 0 Å². The molecule has 1 aliphatic rings. The van der Waals surface area contributed by atoms with Crippen LogP contribution in [0.15, 0.2) is 0 Å². The zero-order chi connectivity index (χ0) is 8.86. The van der Waals surface area contributed by atoms with E-state index < -0.39 is 0 Å². The van der Waals surface area contributed by atoms with Gasteiger partial charge in [0.25, 0.3) is 0 Å². The molecule has 0 unspecified atom stereocenters. The van der Waals surface area contributed by atoms with Crippen molar-refractivity contribution < 1.29 is 0 Å². The molecule has 0 aromatic carbocycles. The second-order valence-electron chi connectivity index (χ2n) is 3.14. The minimum atomic E-state index is 0.506. The lowest BCUT2D eigenvalue weighted by atomic mass is 9.96. The SMILES string of the molecule is SCCC1(CCS)CCCSS1. The van der Waals surface area contributed by atoms with Gasteiger partial charge in [0.1, 0.15) is 0 Å². The molecule has 4 heteroatoms.